The summed E-state index contributed by atoms with van der Waals surface area (Å²) in [6.07, 6.45) is 3.62. The van der Waals surface area contributed by atoms with E-state index in [1.165, 1.54) is 18.7 Å². The van der Waals surface area contributed by atoms with E-state index in [-0.39, 0.29) is 0 Å². The van der Waals surface area contributed by atoms with E-state index in [2.05, 4.69) is 37.6 Å². The summed E-state index contributed by atoms with van der Waals surface area (Å²) in [7, 11) is 0. The molecule has 0 aromatic rings. The zero-order valence-corrected chi connectivity index (χ0v) is 9.48. The third-order valence-electron chi connectivity index (χ3n) is 3.49. The Labute approximate surface area is 82.0 Å². The molecule has 0 saturated heterocycles. The van der Waals surface area contributed by atoms with Crippen LogP contribution in [0.5, 0.6) is 0 Å². The van der Waals surface area contributed by atoms with E-state index in [4.69, 9.17) is 0 Å². The second-order valence-corrected chi connectivity index (χ2v) is 3.83. The van der Waals surface area contributed by atoms with Gasteiger partial charge < -0.3 is 0 Å². The van der Waals surface area contributed by atoms with Crippen LogP contribution in [0.25, 0.3) is 0 Å². The highest BCUT2D eigenvalue weighted by Crippen LogP contribution is 2.23. The zero-order chi connectivity index (χ0) is 9.90. The molecule has 0 saturated carbocycles. The number of rotatable bonds is 4. The number of hydrogen-bond donors (Lipinski definition) is 1. The second kappa shape index (κ2) is 4.12. The van der Waals surface area contributed by atoms with Crippen molar-refractivity contribution >= 4 is 5.84 Å². The first-order valence-corrected chi connectivity index (χ1v) is 5.61. The van der Waals surface area contributed by atoms with Gasteiger partial charge in [-0.2, -0.15) is 0 Å². The summed E-state index contributed by atoms with van der Waals surface area (Å²) in [6.45, 7) is 11.4. The molecule has 76 valence electrons. The third kappa shape index (κ3) is 1.59. The second-order valence-electron chi connectivity index (χ2n) is 3.83. The largest absolute Gasteiger partial charge is 0.274 e. The maximum atomic E-state index is 3.54. The minimum Gasteiger partial charge on any atom is -0.274 e. The molecule has 0 aromatic carbocycles. The third-order valence-corrected chi connectivity index (χ3v) is 3.49. The van der Waals surface area contributed by atoms with E-state index < -0.39 is 0 Å². The monoisotopic (exact) mass is 183 g/mol. The molecule has 0 aliphatic carbocycles. The molecule has 1 aliphatic rings. The maximum absolute atomic E-state index is 3.54. The zero-order valence-electron chi connectivity index (χ0n) is 9.48. The molecule has 13 heavy (non-hydrogen) atoms. The van der Waals surface area contributed by atoms with Gasteiger partial charge in [-0.25, -0.2) is 0 Å². The molecule has 0 radical (unpaired) electrons. The van der Waals surface area contributed by atoms with Crippen molar-refractivity contribution in [2.75, 3.05) is 13.1 Å². The first kappa shape index (κ1) is 10.6. The predicted octanol–water partition coefficient (Wildman–Crippen LogP) is 1.99. The Kier molecular flexibility index (Phi) is 3.34. The predicted molar refractivity (Wildman–Crippen MR) is 57.4 cm³/mol. The lowest BCUT2D eigenvalue weighted by molar-refractivity contribution is -0.597. The number of amidine groups is 1. The Morgan fingerprint density at radius 3 is 2.23 bits per heavy atom. The number of nitrogens with one attached hydrogen (secondary N) is 1. The van der Waals surface area contributed by atoms with Crippen molar-refractivity contribution in [2.24, 2.45) is 0 Å². The quantitative estimate of drug-likeness (QED) is 0.659. The van der Waals surface area contributed by atoms with Gasteiger partial charge >= 0.3 is 0 Å². The molecule has 0 aromatic heterocycles. The van der Waals surface area contributed by atoms with Crippen molar-refractivity contribution in [1.82, 2.24) is 5.32 Å². The van der Waals surface area contributed by atoms with Crippen LogP contribution in [0, 0.1) is 0 Å². The van der Waals surface area contributed by atoms with Crippen LogP contribution in [0.3, 0.4) is 0 Å². The van der Waals surface area contributed by atoms with Crippen LogP contribution in [-0.2, 0) is 0 Å². The van der Waals surface area contributed by atoms with Gasteiger partial charge in [0, 0.05) is 6.42 Å². The fraction of sp³-hybridized carbons (Fsp3) is 0.909. The van der Waals surface area contributed by atoms with Gasteiger partial charge in [0.1, 0.15) is 12.1 Å². The molecule has 0 atom stereocenters. The lowest BCUT2D eigenvalue weighted by atomic mass is 9.93. The van der Waals surface area contributed by atoms with Gasteiger partial charge in [-0.15, -0.1) is 0 Å². The molecule has 2 heteroatoms. The summed E-state index contributed by atoms with van der Waals surface area (Å²) in [6, 6.07) is 0. The molecule has 1 N–H and O–H groups in total. The topological polar surface area (TPSA) is 15.0 Å². The molecule has 0 bridgehead atoms. The molecule has 2 nitrogen and oxygen atoms in total. The summed E-state index contributed by atoms with van der Waals surface area (Å²) < 4.78 is 2.56. The van der Waals surface area contributed by atoms with E-state index >= 15 is 0 Å². The summed E-state index contributed by atoms with van der Waals surface area (Å²) >= 11 is 0. The summed E-state index contributed by atoms with van der Waals surface area (Å²) in [5, 5.41) is 3.54. The van der Waals surface area contributed by atoms with Crippen molar-refractivity contribution in [3.05, 3.63) is 0 Å². The number of hydrogen-bond acceptors (Lipinski definition) is 1. The van der Waals surface area contributed by atoms with Crippen molar-refractivity contribution in [3.8, 4) is 0 Å². The Bertz CT molecular complexity index is 202. The maximum Gasteiger partial charge on any atom is 0.245 e. The SMILES string of the molecule is CCC1=[N+](CC)C(CC)(CC)CN1. The van der Waals surface area contributed by atoms with Gasteiger partial charge in [-0.3, -0.25) is 9.89 Å². The van der Waals surface area contributed by atoms with Crippen molar-refractivity contribution in [2.45, 2.75) is 52.5 Å². The Hall–Kier alpha value is -0.530. The Morgan fingerprint density at radius 2 is 1.85 bits per heavy atom. The number of nitrogens with zero attached hydrogens (tertiary/aromatic N) is 1. The van der Waals surface area contributed by atoms with Gasteiger partial charge in [-0.1, -0.05) is 20.8 Å². The van der Waals surface area contributed by atoms with Crippen LogP contribution in [0.15, 0.2) is 0 Å². The standard InChI is InChI=1S/C11H22N2/c1-5-10-12-9-11(6-2,7-3)13(10)8-4/h5-9H2,1-4H3/p+1. The van der Waals surface area contributed by atoms with E-state index in [0.717, 1.165) is 19.5 Å². The molecular weight excluding hydrogens is 160 g/mol. The van der Waals surface area contributed by atoms with Crippen LogP contribution in [0.4, 0.5) is 0 Å². The van der Waals surface area contributed by atoms with Crippen LogP contribution in [-0.4, -0.2) is 29.0 Å². The summed E-state index contributed by atoms with van der Waals surface area (Å²) in [5.41, 5.74) is 0.403. The average molecular weight is 183 g/mol. The fourth-order valence-corrected chi connectivity index (χ4v) is 2.47. The van der Waals surface area contributed by atoms with Crippen LogP contribution in [0.1, 0.15) is 47.0 Å². The van der Waals surface area contributed by atoms with Crippen LogP contribution < -0.4 is 5.32 Å². The van der Waals surface area contributed by atoms with Crippen molar-refractivity contribution in [3.63, 3.8) is 0 Å². The lowest BCUT2D eigenvalue weighted by Crippen LogP contribution is -2.41. The van der Waals surface area contributed by atoms with Gasteiger partial charge in [0.25, 0.3) is 0 Å². The van der Waals surface area contributed by atoms with E-state index in [1.807, 2.05) is 0 Å². The highest BCUT2D eigenvalue weighted by atomic mass is 15.2. The van der Waals surface area contributed by atoms with Gasteiger partial charge in [0.15, 0.2) is 0 Å². The van der Waals surface area contributed by atoms with Crippen LogP contribution in [0.2, 0.25) is 0 Å². The van der Waals surface area contributed by atoms with Gasteiger partial charge in [0.05, 0.1) is 6.54 Å². The van der Waals surface area contributed by atoms with E-state index in [9.17, 15) is 0 Å². The first-order valence-electron chi connectivity index (χ1n) is 5.61. The number of likely N-dealkylation sites (N-methyl/N-ethyl adjacent to an activating group) is 1. The highest BCUT2D eigenvalue weighted by Gasteiger charge is 2.42. The lowest BCUT2D eigenvalue weighted by Gasteiger charge is -2.25. The minimum atomic E-state index is 0.403. The molecule has 0 unspecified atom stereocenters. The van der Waals surface area contributed by atoms with E-state index in [1.54, 1.807) is 0 Å². The van der Waals surface area contributed by atoms with Crippen LogP contribution >= 0.6 is 0 Å². The fourth-order valence-electron chi connectivity index (χ4n) is 2.47. The normalized spacial score (nSPS) is 20.6. The molecule has 0 fully saturated rings. The minimum absolute atomic E-state index is 0.403. The Morgan fingerprint density at radius 1 is 1.23 bits per heavy atom. The summed E-state index contributed by atoms with van der Waals surface area (Å²) in [5.74, 6) is 1.44. The molecule has 1 rings (SSSR count). The van der Waals surface area contributed by atoms with Crippen molar-refractivity contribution in [1.29, 1.82) is 0 Å². The first-order chi connectivity index (χ1) is 6.24. The van der Waals surface area contributed by atoms with E-state index in [0.29, 0.717) is 5.54 Å². The molecule has 1 aliphatic heterocycles. The smallest absolute Gasteiger partial charge is 0.245 e. The van der Waals surface area contributed by atoms with Crippen molar-refractivity contribution < 1.29 is 4.58 Å². The highest BCUT2D eigenvalue weighted by molar-refractivity contribution is 5.78. The molecule has 0 spiro atoms. The molecule has 1 heterocycles. The van der Waals surface area contributed by atoms with Gasteiger partial charge in [-0.05, 0) is 19.8 Å². The molecule has 0 amide bonds. The Balaban J connectivity index is 2.95. The summed E-state index contributed by atoms with van der Waals surface area (Å²) in [4.78, 5) is 0. The average Bonchev–Trinajstić information content (AvgIpc) is 2.55. The van der Waals surface area contributed by atoms with Gasteiger partial charge in [0.2, 0.25) is 5.84 Å². The molecular formula is C11H23N2+.